The van der Waals surface area contributed by atoms with Crippen molar-refractivity contribution in [2.45, 2.75) is 60.1 Å². The Morgan fingerprint density at radius 1 is 0.903 bits per heavy atom. The molecule has 0 radical (unpaired) electrons. The van der Waals surface area contributed by atoms with Gasteiger partial charge in [0.1, 0.15) is 18.8 Å². The van der Waals surface area contributed by atoms with E-state index < -0.39 is 30.1 Å². The number of hydrogen-bond donors (Lipinski definition) is 1. The summed E-state index contributed by atoms with van der Waals surface area (Å²) in [5.41, 5.74) is 6.51. The van der Waals surface area contributed by atoms with Crippen molar-refractivity contribution in [1.82, 2.24) is 0 Å². The fourth-order valence-electron chi connectivity index (χ4n) is 2.41. The second kappa shape index (κ2) is 12.0. The first-order chi connectivity index (χ1) is 14.4. The molecule has 0 heterocycles. The summed E-state index contributed by atoms with van der Waals surface area (Å²) in [6.07, 6.45) is -0.575. The quantitative estimate of drug-likeness (QED) is 0.432. The lowest BCUT2D eigenvalue weighted by Crippen LogP contribution is -2.37. The molecule has 1 aromatic carbocycles. The van der Waals surface area contributed by atoms with Crippen LogP contribution in [-0.4, -0.2) is 42.6 Å². The maximum absolute atomic E-state index is 12.3. The minimum Gasteiger partial charge on any atom is -0.462 e. The van der Waals surface area contributed by atoms with E-state index in [9.17, 15) is 19.2 Å². The molecule has 0 fully saturated rings. The highest BCUT2D eigenvalue weighted by Crippen LogP contribution is 2.29. The van der Waals surface area contributed by atoms with Crippen molar-refractivity contribution in [3.8, 4) is 11.5 Å². The highest BCUT2D eigenvalue weighted by atomic mass is 16.6. The predicted octanol–water partition coefficient (Wildman–Crippen LogP) is 2.17. The summed E-state index contributed by atoms with van der Waals surface area (Å²) in [5, 5.41) is 0. The van der Waals surface area contributed by atoms with Gasteiger partial charge in [-0.15, -0.1) is 0 Å². The average Bonchev–Trinajstić information content (AvgIpc) is 2.66. The number of carbonyl (C=O) groups excluding carboxylic acids is 4. The molecule has 0 saturated carbocycles. The summed E-state index contributed by atoms with van der Waals surface area (Å²) in [6, 6.07) is 3.50. The third kappa shape index (κ3) is 9.17. The van der Waals surface area contributed by atoms with Gasteiger partial charge in [0.15, 0.2) is 11.5 Å². The van der Waals surface area contributed by atoms with Crippen molar-refractivity contribution in [2.24, 2.45) is 17.6 Å². The second-order valence-corrected chi connectivity index (χ2v) is 7.69. The van der Waals surface area contributed by atoms with Crippen LogP contribution in [-0.2, 0) is 35.1 Å². The van der Waals surface area contributed by atoms with Gasteiger partial charge in [-0.05, 0) is 37.0 Å². The maximum Gasteiger partial charge on any atom is 0.323 e. The minimum absolute atomic E-state index is 0.0420. The first-order valence-electron chi connectivity index (χ1n) is 10.0. The number of benzene rings is 1. The zero-order valence-electron chi connectivity index (χ0n) is 18.8. The smallest absolute Gasteiger partial charge is 0.323 e. The van der Waals surface area contributed by atoms with Gasteiger partial charge in [-0.25, -0.2) is 0 Å². The van der Waals surface area contributed by atoms with Crippen molar-refractivity contribution in [3.63, 3.8) is 0 Å². The van der Waals surface area contributed by atoms with Gasteiger partial charge < -0.3 is 24.7 Å². The molecule has 0 bridgehead atoms. The average molecular weight is 437 g/mol. The third-order valence-corrected chi connectivity index (χ3v) is 4.42. The minimum atomic E-state index is -1.00. The van der Waals surface area contributed by atoms with E-state index in [0.717, 1.165) is 0 Å². The zero-order chi connectivity index (χ0) is 23.7. The van der Waals surface area contributed by atoms with Gasteiger partial charge in [0.25, 0.3) is 0 Å². The van der Waals surface area contributed by atoms with Gasteiger partial charge in [-0.3, -0.25) is 19.2 Å². The Morgan fingerprint density at radius 2 is 1.48 bits per heavy atom. The Bertz CT molecular complexity index is 805. The number of ether oxygens (including phenoxy) is 4. The van der Waals surface area contributed by atoms with Crippen LogP contribution in [0.25, 0.3) is 0 Å². The molecule has 0 aliphatic carbocycles. The Hall–Kier alpha value is -2.94. The lowest BCUT2D eigenvalue weighted by atomic mass is 9.99. The van der Waals surface area contributed by atoms with E-state index in [2.05, 4.69) is 0 Å². The Labute approximate surface area is 182 Å². The number of carbonyl (C=O) groups is 4. The summed E-state index contributed by atoms with van der Waals surface area (Å²) >= 11 is 0. The van der Waals surface area contributed by atoms with E-state index in [1.54, 1.807) is 19.9 Å². The number of nitrogens with two attached hydrogens (primary N) is 1. The SMILES string of the molecule is CC(=O)Oc1ccc(C[C@H](N)C(=O)O[C@@H](C)COC(=O)C(C)C(C)C)cc1OC(C)=O. The van der Waals surface area contributed by atoms with E-state index in [0.29, 0.717) is 5.56 Å². The van der Waals surface area contributed by atoms with Gasteiger partial charge in [-0.1, -0.05) is 26.8 Å². The van der Waals surface area contributed by atoms with Crippen LogP contribution in [0.2, 0.25) is 0 Å². The highest BCUT2D eigenvalue weighted by Gasteiger charge is 2.23. The first-order valence-corrected chi connectivity index (χ1v) is 10.0. The van der Waals surface area contributed by atoms with Crippen LogP contribution < -0.4 is 15.2 Å². The predicted molar refractivity (Wildman–Crippen MR) is 111 cm³/mol. The lowest BCUT2D eigenvalue weighted by Gasteiger charge is -2.19. The van der Waals surface area contributed by atoms with Crippen LogP contribution in [0.1, 0.15) is 47.1 Å². The number of esters is 4. The largest absolute Gasteiger partial charge is 0.462 e. The fourth-order valence-corrected chi connectivity index (χ4v) is 2.41. The van der Waals surface area contributed by atoms with Gasteiger partial charge in [0.2, 0.25) is 0 Å². The molecule has 31 heavy (non-hydrogen) atoms. The monoisotopic (exact) mass is 437 g/mol. The van der Waals surface area contributed by atoms with E-state index in [4.69, 9.17) is 24.7 Å². The lowest BCUT2D eigenvalue weighted by molar-refractivity contribution is -0.161. The standard InChI is InChI=1S/C22H31NO8/c1-12(2)14(4)21(26)28-11-13(3)29-22(27)18(23)9-17-7-8-19(30-15(5)24)20(10-17)31-16(6)25/h7-8,10,12-14,18H,9,11,23H2,1-6H3/t13-,14?,18-/m0/s1. The fraction of sp³-hybridized carbons (Fsp3) is 0.545. The molecule has 9 heteroatoms. The van der Waals surface area contributed by atoms with E-state index in [1.807, 2.05) is 13.8 Å². The van der Waals surface area contributed by atoms with Gasteiger partial charge in [0, 0.05) is 13.8 Å². The Kier molecular flexibility index (Phi) is 10.1. The molecule has 1 aromatic rings. The molecule has 3 atom stereocenters. The molecular formula is C22H31NO8. The summed E-state index contributed by atoms with van der Waals surface area (Å²) in [6.45, 7) is 9.58. The highest BCUT2D eigenvalue weighted by molar-refractivity contribution is 5.77. The van der Waals surface area contributed by atoms with Crippen molar-refractivity contribution in [1.29, 1.82) is 0 Å². The molecular weight excluding hydrogens is 406 g/mol. The molecule has 0 aromatic heterocycles. The normalized spacial score (nSPS) is 13.7. The van der Waals surface area contributed by atoms with Crippen molar-refractivity contribution >= 4 is 23.9 Å². The van der Waals surface area contributed by atoms with E-state index >= 15 is 0 Å². The molecule has 0 aliphatic heterocycles. The van der Waals surface area contributed by atoms with Crippen molar-refractivity contribution in [3.05, 3.63) is 23.8 Å². The van der Waals surface area contributed by atoms with Crippen LogP contribution in [0.5, 0.6) is 11.5 Å². The molecule has 0 aliphatic rings. The zero-order valence-corrected chi connectivity index (χ0v) is 18.8. The Balaban J connectivity index is 2.69. The van der Waals surface area contributed by atoms with Gasteiger partial charge in [-0.2, -0.15) is 0 Å². The van der Waals surface area contributed by atoms with Gasteiger partial charge >= 0.3 is 23.9 Å². The molecule has 2 N–H and O–H groups in total. The van der Waals surface area contributed by atoms with Crippen LogP contribution in [0, 0.1) is 11.8 Å². The van der Waals surface area contributed by atoms with E-state index in [-0.39, 0.29) is 42.3 Å². The van der Waals surface area contributed by atoms with Crippen LogP contribution >= 0.6 is 0 Å². The summed E-state index contributed by atoms with van der Waals surface area (Å²) in [5.74, 6) is -2.18. The summed E-state index contributed by atoms with van der Waals surface area (Å²) < 4.78 is 20.5. The van der Waals surface area contributed by atoms with Crippen LogP contribution in [0.3, 0.4) is 0 Å². The maximum atomic E-state index is 12.3. The Morgan fingerprint density at radius 3 is 2.03 bits per heavy atom. The van der Waals surface area contributed by atoms with Crippen molar-refractivity contribution in [2.75, 3.05) is 6.61 Å². The topological polar surface area (TPSA) is 131 Å². The number of hydrogen-bond acceptors (Lipinski definition) is 9. The van der Waals surface area contributed by atoms with Crippen molar-refractivity contribution < 1.29 is 38.1 Å². The van der Waals surface area contributed by atoms with Gasteiger partial charge in [0.05, 0.1) is 5.92 Å². The molecule has 1 rings (SSSR count). The molecule has 0 saturated heterocycles. The van der Waals surface area contributed by atoms with Crippen LogP contribution in [0.15, 0.2) is 18.2 Å². The first kappa shape index (κ1) is 26.1. The molecule has 1 unspecified atom stereocenters. The van der Waals surface area contributed by atoms with E-state index in [1.165, 1.54) is 26.0 Å². The third-order valence-electron chi connectivity index (χ3n) is 4.42. The summed E-state index contributed by atoms with van der Waals surface area (Å²) in [7, 11) is 0. The second-order valence-electron chi connectivity index (χ2n) is 7.69. The summed E-state index contributed by atoms with van der Waals surface area (Å²) in [4.78, 5) is 46.7. The molecule has 172 valence electrons. The van der Waals surface area contributed by atoms with Crippen LogP contribution in [0.4, 0.5) is 0 Å². The molecule has 0 spiro atoms. The molecule has 0 amide bonds. The number of rotatable bonds is 10. The molecule has 9 nitrogen and oxygen atoms in total.